The third kappa shape index (κ3) is 1.93. The Hall–Kier alpha value is -0.480. The average Bonchev–Trinajstić information content (AvgIpc) is 2.71. The molecule has 0 amide bonds. The molecule has 0 saturated heterocycles. The van der Waals surface area contributed by atoms with Gasteiger partial charge >= 0.3 is 0 Å². The first kappa shape index (κ1) is 11.0. The minimum atomic E-state index is -2.54. The van der Waals surface area contributed by atoms with Crippen LogP contribution in [0.15, 0.2) is 28.7 Å². The summed E-state index contributed by atoms with van der Waals surface area (Å²) in [6.07, 6.45) is 0. The second-order valence-corrected chi connectivity index (χ2v) is 4.78. The van der Waals surface area contributed by atoms with Crippen LogP contribution < -0.4 is 5.32 Å². The van der Waals surface area contributed by atoms with Crippen molar-refractivity contribution in [1.82, 2.24) is 5.32 Å². The van der Waals surface area contributed by atoms with Crippen molar-refractivity contribution in [2.45, 2.75) is 11.8 Å². The van der Waals surface area contributed by atoms with E-state index >= 15 is 0 Å². The van der Waals surface area contributed by atoms with Gasteiger partial charge in [0.25, 0.3) is 5.92 Å². The van der Waals surface area contributed by atoms with Crippen LogP contribution in [0.5, 0.6) is 0 Å². The summed E-state index contributed by atoms with van der Waals surface area (Å²) in [6.45, 7) is 0.369. The lowest BCUT2D eigenvalue weighted by Crippen LogP contribution is -2.13. The first-order chi connectivity index (χ1) is 7.07. The normalized spacial score (nSPS) is 27.7. The molecule has 1 nitrogen and oxygen atoms in total. The van der Waals surface area contributed by atoms with E-state index < -0.39 is 17.8 Å². The number of nitrogens with one attached hydrogen (secondary N) is 1. The van der Waals surface area contributed by atoms with Crippen LogP contribution in [0.2, 0.25) is 0 Å². The number of halogens is 3. The van der Waals surface area contributed by atoms with Gasteiger partial charge < -0.3 is 5.32 Å². The highest BCUT2D eigenvalue weighted by Crippen LogP contribution is 2.61. The fourth-order valence-electron chi connectivity index (χ4n) is 1.99. The fourth-order valence-corrected chi connectivity index (χ4v) is 2.25. The zero-order chi connectivity index (χ0) is 11.1. The van der Waals surface area contributed by atoms with Crippen molar-refractivity contribution < 1.29 is 8.78 Å². The minimum Gasteiger partial charge on any atom is -0.319 e. The molecule has 1 aromatic carbocycles. The van der Waals surface area contributed by atoms with Gasteiger partial charge in [-0.3, -0.25) is 0 Å². The Morgan fingerprint density at radius 2 is 1.93 bits per heavy atom. The third-order valence-electron chi connectivity index (χ3n) is 2.86. The summed E-state index contributed by atoms with van der Waals surface area (Å²) in [7, 11) is 1.70. The van der Waals surface area contributed by atoms with Crippen LogP contribution in [0.1, 0.15) is 11.5 Å². The molecule has 0 bridgehead atoms. The molecule has 1 aromatic rings. The Morgan fingerprint density at radius 3 is 2.47 bits per heavy atom. The van der Waals surface area contributed by atoms with E-state index in [1.165, 1.54) is 0 Å². The highest BCUT2D eigenvalue weighted by Gasteiger charge is 2.67. The molecule has 0 radical (unpaired) electrons. The van der Waals surface area contributed by atoms with E-state index in [9.17, 15) is 8.78 Å². The number of hydrogen-bond acceptors (Lipinski definition) is 1. The number of benzene rings is 1. The molecule has 2 unspecified atom stereocenters. The SMILES string of the molecule is CNCC1C(c2ccc(Br)cc2)C1(F)F. The van der Waals surface area contributed by atoms with Crippen LogP contribution in [0.3, 0.4) is 0 Å². The first-order valence-corrected chi connectivity index (χ1v) is 5.64. The van der Waals surface area contributed by atoms with E-state index in [2.05, 4.69) is 21.2 Å². The first-order valence-electron chi connectivity index (χ1n) is 4.85. The number of hydrogen-bond donors (Lipinski definition) is 1. The molecular weight excluding hydrogens is 264 g/mol. The molecule has 1 saturated carbocycles. The van der Waals surface area contributed by atoms with Crippen LogP contribution >= 0.6 is 15.9 Å². The van der Waals surface area contributed by atoms with E-state index in [0.717, 1.165) is 10.0 Å². The summed E-state index contributed by atoms with van der Waals surface area (Å²) in [6, 6.07) is 7.14. The van der Waals surface area contributed by atoms with Gasteiger partial charge in [-0.05, 0) is 24.7 Å². The smallest absolute Gasteiger partial charge is 0.260 e. The monoisotopic (exact) mass is 275 g/mol. The summed E-state index contributed by atoms with van der Waals surface area (Å²) in [5, 5.41) is 2.81. The highest BCUT2D eigenvalue weighted by molar-refractivity contribution is 9.10. The number of alkyl halides is 2. The summed E-state index contributed by atoms with van der Waals surface area (Å²) < 4.78 is 27.7. The highest BCUT2D eigenvalue weighted by atomic mass is 79.9. The number of rotatable bonds is 3. The van der Waals surface area contributed by atoms with Crippen molar-refractivity contribution in [1.29, 1.82) is 0 Å². The molecule has 1 N–H and O–H groups in total. The van der Waals surface area contributed by atoms with E-state index in [-0.39, 0.29) is 0 Å². The third-order valence-corrected chi connectivity index (χ3v) is 3.38. The predicted octanol–water partition coefficient (Wildman–Crippen LogP) is 3.02. The molecule has 0 aliphatic heterocycles. The zero-order valence-electron chi connectivity index (χ0n) is 8.31. The zero-order valence-corrected chi connectivity index (χ0v) is 9.89. The van der Waals surface area contributed by atoms with Gasteiger partial charge in [0, 0.05) is 16.9 Å². The van der Waals surface area contributed by atoms with Gasteiger partial charge in [-0.25, -0.2) is 8.78 Å². The van der Waals surface area contributed by atoms with Crippen molar-refractivity contribution in [3.63, 3.8) is 0 Å². The van der Waals surface area contributed by atoms with Crippen molar-refractivity contribution in [3.05, 3.63) is 34.3 Å². The Balaban J connectivity index is 2.16. The van der Waals surface area contributed by atoms with Crippen LogP contribution in [0.4, 0.5) is 8.78 Å². The van der Waals surface area contributed by atoms with Gasteiger partial charge in [-0.15, -0.1) is 0 Å². The molecule has 15 heavy (non-hydrogen) atoms. The topological polar surface area (TPSA) is 12.0 Å². The summed E-state index contributed by atoms with van der Waals surface area (Å²) in [5.41, 5.74) is 0.725. The van der Waals surface area contributed by atoms with E-state index in [4.69, 9.17) is 0 Å². The molecule has 0 spiro atoms. The van der Waals surface area contributed by atoms with Gasteiger partial charge in [0.15, 0.2) is 0 Å². The standard InChI is InChI=1S/C11H12BrF2N/c1-15-6-9-10(11(9,13)14)7-2-4-8(12)5-3-7/h2-5,9-10,15H,6H2,1H3. The molecular formula is C11H12BrF2N. The van der Waals surface area contributed by atoms with E-state index in [1.54, 1.807) is 31.3 Å². The van der Waals surface area contributed by atoms with Crippen molar-refractivity contribution >= 4 is 15.9 Å². The van der Waals surface area contributed by atoms with E-state index in [0.29, 0.717) is 6.54 Å². The molecule has 2 atom stereocenters. The second kappa shape index (κ2) is 3.83. The van der Waals surface area contributed by atoms with Crippen LogP contribution in [0.25, 0.3) is 0 Å². The fraction of sp³-hybridized carbons (Fsp3) is 0.455. The largest absolute Gasteiger partial charge is 0.319 e. The van der Waals surface area contributed by atoms with Gasteiger partial charge in [-0.2, -0.15) is 0 Å². The van der Waals surface area contributed by atoms with Crippen molar-refractivity contribution in [3.8, 4) is 0 Å². The molecule has 0 aromatic heterocycles. The molecule has 2 rings (SSSR count). The predicted molar refractivity (Wildman–Crippen MR) is 59.2 cm³/mol. The molecule has 82 valence electrons. The summed E-state index contributed by atoms with van der Waals surface area (Å²) in [5.74, 6) is -3.71. The van der Waals surface area contributed by atoms with Gasteiger partial charge in [0.1, 0.15) is 0 Å². The quantitative estimate of drug-likeness (QED) is 0.894. The molecule has 4 heteroatoms. The summed E-state index contributed by atoms with van der Waals surface area (Å²) in [4.78, 5) is 0. The van der Waals surface area contributed by atoms with Gasteiger partial charge in [0.05, 0.1) is 5.92 Å². The Labute approximate surface area is 96.0 Å². The second-order valence-electron chi connectivity index (χ2n) is 3.87. The lowest BCUT2D eigenvalue weighted by Gasteiger charge is -1.98. The molecule has 1 fully saturated rings. The average molecular weight is 276 g/mol. The van der Waals surface area contributed by atoms with Crippen LogP contribution in [-0.2, 0) is 0 Å². The van der Waals surface area contributed by atoms with Gasteiger partial charge in [0.2, 0.25) is 0 Å². The van der Waals surface area contributed by atoms with Crippen molar-refractivity contribution in [2.24, 2.45) is 5.92 Å². The minimum absolute atomic E-state index is 0.369. The Bertz CT molecular complexity index is 350. The summed E-state index contributed by atoms with van der Waals surface area (Å²) >= 11 is 3.29. The van der Waals surface area contributed by atoms with E-state index in [1.807, 2.05) is 0 Å². The van der Waals surface area contributed by atoms with Crippen LogP contribution in [-0.4, -0.2) is 19.5 Å². The lowest BCUT2D eigenvalue weighted by atomic mass is 10.1. The van der Waals surface area contributed by atoms with Gasteiger partial charge in [-0.1, -0.05) is 28.1 Å². The molecule has 1 aliphatic carbocycles. The van der Waals surface area contributed by atoms with Crippen LogP contribution in [0, 0.1) is 5.92 Å². The maximum Gasteiger partial charge on any atom is 0.260 e. The Kier molecular flexibility index (Phi) is 2.81. The molecule has 1 aliphatic rings. The maximum atomic E-state index is 13.4. The molecule has 0 heterocycles. The maximum absolute atomic E-state index is 13.4. The van der Waals surface area contributed by atoms with Crippen molar-refractivity contribution in [2.75, 3.05) is 13.6 Å². The Morgan fingerprint density at radius 1 is 1.33 bits per heavy atom. The lowest BCUT2D eigenvalue weighted by molar-refractivity contribution is 0.0934.